The van der Waals surface area contributed by atoms with Crippen LogP contribution in [0.1, 0.15) is 162 Å². The lowest BCUT2D eigenvalue weighted by atomic mass is 10.1. The number of carboxylic acid groups (broad SMARTS) is 1. The maximum atomic E-state index is 12.7. The molecule has 0 saturated heterocycles. The molecule has 0 N–H and O–H groups in total. The molecule has 0 spiro atoms. The van der Waals surface area contributed by atoms with Crippen LogP contribution in [0.5, 0.6) is 0 Å². The number of unbranched alkanes of at least 4 members (excludes halogenated alkanes) is 14. The second kappa shape index (κ2) is 38.8. The molecule has 0 bridgehead atoms. The minimum absolute atomic E-state index is 0.139. The number of carbonyl (C=O) groups is 3. The highest BCUT2D eigenvalue weighted by atomic mass is 16.7. The predicted octanol–water partition coefficient (Wildman–Crippen LogP) is 10.0. The van der Waals surface area contributed by atoms with Gasteiger partial charge < -0.3 is 33.3 Å². The minimum atomic E-state index is -1.63. The molecule has 0 radical (unpaired) electrons. The molecular weight excluding hydrogens is 707 g/mol. The predicted molar refractivity (Wildman–Crippen MR) is 228 cm³/mol. The largest absolute Gasteiger partial charge is 0.545 e. The molecule has 0 aromatic carbocycles. The Balaban J connectivity index is 4.52. The Labute approximate surface area is 342 Å². The maximum Gasteiger partial charge on any atom is 0.306 e. The van der Waals surface area contributed by atoms with Crippen LogP contribution in [-0.2, 0) is 33.3 Å². The number of likely N-dealkylation sites (N-methyl/N-ethyl adjacent to an activating group) is 1. The first-order valence-corrected chi connectivity index (χ1v) is 21.9. The van der Waals surface area contributed by atoms with Gasteiger partial charge >= 0.3 is 11.9 Å². The fraction of sp³-hybridized carbons (Fsp3) is 0.723. The van der Waals surface area contributed by atoms with E-state index in [1.54, 1.807) is 0 Å². The molecule has 0 aliphatic heterocycles. The van der Waals surface area contributed by atoms with E-state index in [1.165, 1.54) is 32.1 Å². The summed E-state index contributed by atoms with van der Waals surface area (Å²) in [5.41, 5.74) is 0. The van der Waals surface area contributed by atoms with E-state index in [4.69, 9.17) is 18.9 Å². The van der Waals surface area contributed by atoms with Gasteiger partial charge in [0.2, 0.25) is 0 Å². The van der Waals surface area contributed by atoms with E-state index < -0.39 is 24.3 Å². The van der Waals surface area contributed by atoms with Crippen molar-refractivity contribution in [1.29, 1.82) is 0 Å². The van der Waals surface area contributed by atoms with E-state index in [-0.39, 0.29) is 38.6 Å². The monoisotopic (exact) mass is 788 g/mol. The number of esters is 2. The zero-order chi connectivity index (χ0) is 41.4. The van der Waals surface area contributed by atoms with Gasteiger partial charge in [0.25, 0.3) is 0 Å². The van der Waals surface area contributed by atoms with Crippen LogP contribution in [0, 0.1) is 0 Å². The lowest BCUT2D eigenvalue weighted by Crippen LogP contribution is -2.44. The summed E-state index contributed by atoms with van der Waals surface area (Å²) < 4.78 is 22.5. The van der Waals surface area contributed by atoms with Crippen molar-refractivity contribution in [3.63, 3.8) is 0 Å². The maximum absolute atomic E-state index is 12.7. The van der Waals surface area contributed by atoms with Gasteiger partial charge in [0.05, 0.1) is 40.3 Å². The van der Waals surface area contributed by atoms with E-state index in [9.17, 15) is 19.5 Å². The van der Waals surface area contributed by atoms with E-state index in [1.807, 2.05) is 21.1 Å². The topological polar surface area (TPSA) is 111 Å². The van der Waals surface area contributed by atoms with Crippen LogP contribution >= 0.6 is 0 Å². The quantitative estimate of drug-likeness (QED) is 0.0199. The summed E-state index contributed by atoms with van der Waals surface area (Å²) >= 11 is 0. The Bertz CT molecular complexity index is 1100. The molecular formula is C47H81NO8. The van der Waals surface area contributed by atoms with Gasteiger partial charge in [-0.2, -0.15) is 0 Å². The van der Waals surface area contributed by atoms with Crippen molar-refractivity contribution in [1.82, 2.24) is 0 Å². The molecule has 0 fully saturated rings. The van der Waals surface area contributed by atoms with Gasteiger partial charge in [-0.15, -0.1) is 0 Å². The van der Waals surface area contributed by atoms with Gasteiger partial charge in [-0.3, -0.25) is 9.59 Å². The fourth-order valence-corrected chi connectivity index (χ4v) is 5.58. The smallest absolute Gasteiger partial charge is 0.306 e. The molecule has 9 nitrogen and oxygen atoms in total. The fourth-order valence-electron chi connectivity index (χ4n) is 5.58. The molecule has 0 amide bonds. The van der Waals surface area contributed by atoms with E-state index in [0.29, 0.717) is 17.4 Å². The van der Waals surface area contributed by atoms with Crippen molar-refractivity contribution in [2.24, 2.45) is 0 Å². The molecule has 0 aliphatic rings. The van der Waals surface area contributed by atoms with E-state index >= 15 is 0 Å². The highest BCUT2D eigenvalue weighted by Gasteiger charge is 2.21. The molecule has 0 aliphatic carbocycles. The summed E-state index contributed by atoms with van der Waals surface area (Å²) in [6, 6.07) is 0. The molecule has 0 aromatic rings. The number of hydrogen-bond donors (Lipinski definition) is 0. The van der Waals surface area contributed by atoms with Crippen LogP contribution in [0.4, 0.5) is 0 Å². The van der Waals surface area contributed by atoms with Gasteiger partial charge in [-0.05, 0) is 77.0 Å². The molecule has 322 valence electrons. The van der Waals surface area contributed by atoms with Gasteiger partial charge in [-0.1, -0.05) is 132 Å². The van der Waals surface area contributed by atoms with Crippen LogP contribution in [0.3, 0.4) is 0 Å². The molecule has 9 heteroatoms. The second-order valence-corrected chi connectivity index (χ2v) is 15.6. The summed E-state index contributed by atoms with van der Waals surface area (Å²) in [6.45, 7) is 4.55. The summed E-state index contributed by atoms with van der Waals surface area (Å²) in [7, 11) is 5.89. The Kier molecular flexibility index (Phi) is 36.8. The Hall–Kier alpha value is -3.01. The third-order valence-electron chi connectivity index (χ3n) is 9.00. The number of hydrogen-bond acceptors (Lipinski definition) is 8. The van der Waals surface area contributed by atoms with Crippen molar-refractivity contribution >= 4 is 17.9 Å². The lowest BCUT2D eigenvalue weighted by molar-refractivity contribution is -0.870. The molecule has 2 atom stereocenters. The summed E-state index contributed by atoms with van der Waals surface area (Å²) in [5.74, 6) is -2.34. The molecule has 0 saturated carbocycles. The summed E-state index contributed by atoms with van der Waals surface area (Å²) in [6.07, 6.45) is 42.5. The first-order chi connectivity index (χ1) is 27.1. The van der Waals surface area contributed by atoms with Crippen molar-refractivity contribution in [3.8, 4) is 0 Å². The van der Waals surface area contributed by atoms with Crippen molar-refractivity contribution in [2.75, 3.05) is 47.5 Å². The third-order valence-corrected chi connectivity index (χ3v) is 9.00. The average Bonchev–Trinajstić information content (AvgIpc) is 3.15. The normalized spacial score (nSPS) is 13.5. The first-order valence-electron chi connectivity index (χ1n) is 21.9. The Morgan fingerprint density at radius 3 is 1.52 bits per heavy atom. The SMILES string of the molecule is CC/C=C\C/C=C\C/C=C\CCCCCCCC(=O)OC(COC(=O)CCCCCCC/C=C\C/C=C\CCCCCC)COC(OCC[N+](C)(C)C)C(=O)[O-]. The number of rotatable bonds is 39. The number of ether oxygens (including phenoxy) is 4. The van der Waals surface area contributed by atoms with Crippen molar-refractivity contribution in [3.05, 3.63) is 60.8 Å². The van der Waals surface area contributed by atoms with E-state index in [0.717, 1.165) is 96.3 Å². The van der Waals surface area contributed by atoms with Crippen LogP contribution < -0.4 is 5.11 Å². The van der Waals surface area contributed by atoms with Crippen molar-refractivity contribution in [2.45, 2.75) is 174 Å². The Morgan fingerprint density at radius 2 is 1.02 bits per heavy atom. The average molecular weight is 788 g/mol. The summed E-state index contributed by atoms with van der Waals surface area (Å²) in [4.78, 5) is 36.9. The minimum Gasteiger partial charge on any atom is -0.545 e. The molecule has 56 heavy (non-hydrogen) atoms. The highest BCUT2D eigenvalue weighted by molar-refractivity contribution is 5.70. The lowest BCUT2D eigenvalue weighted by Gasteiger charge is -2.26. The number of carboxylic acids is 1. The molecule has 0 heterocycles. The van der Waals surface area contributed by atoms with Gasteiger partial charge in [0, 0.05) is 12.8 Å². The van der Waals surface area contributed by atoms with Crippen LogP contribution in [0.25, 0.3) is 0 Å². The zero-order valence-corrected chi connectivity index (χ0v) is 36.2. The van der Waals surface area contributed by atoms with Crippen LogP contribution in [-0.4, -0.2) is 82.3 Å². The standard InChI is InChI=1S/C47H81NO8/c1-6-8-10-12-14-16-18-20-22-24-25-27-29-31-33-35-37-44(49)54-41-43(42-55-47(46(51)52)53-40-39-48(3,4)5)56-45(50)38-36-34-32-30-28-26-23-21-19-17-15-13-11-9-7-2/h9,11,15-18,21-24,43,47H,6-8,10,12-14,19-20,25-42H2,1-5H3/b11-9-,17-15-,18-16-,23-21-,24-22-. The molecule has 0 aromatic heterocycles. The highest BCUT2D eigenvalue weighted by Crippen LogP contribution is 2.12. The molecule has 0 rings (SSSR count). The number of allylic oxidation sites excluding steroid dienone is 10. The zero-order valence-electron chi connectivity index (χ0n) is 36.2. The number of carbonyl (C=O) groups excluding carboxylic acids is 3. The van der Waals surface area contributed by atoms with Gasteiger partial charge in [0.15, 0.2) is 12.4 Å². The van der Waals surface area contributed by atoms with Crippen LogP contribution in [0.2, 0.25) is 0 Å². The van der Waals surface area contributed by atoms with Crippen LogP contribution in [0.15, 0.2) is 60.8 Å². The Morgan fingerprint density at radius 1 is 0.554 bits per heavy atom. The number of nitrogens with zero attached hydrogens (tertiary/aromatic N) is 1. The van der Waals surface area contributed by atoms with Crippen molar-refractivity contribution < 1.29 is 42.9 Å². The molecule has 2 unspecified atom stereocenters. The number of aliphatic carboxylic acids is 1. The van der Waals surface area contributed by atoms with Gasteiger partial charge in [-0.25, -0.2) is 0 Å². The number of quaternary nitrogens is 1. The second-order valence-electron chi connectivity index (χ2n) is 15.6. The van der Waals surface area contributed by atoms with Gasteiger partial charge in [0.1, 0.15) is 13.2 Å². The first kappa shape index (κ1) is 53.0. The summed E-state index contributed by atoms with van der Waals surface area (Å²) in [5, 5.41) is 11.7. The van der Waals surface area contributed by atoms with E-state index in [2.05, 4.69) is 74.6 Å². The third kappa shape index (κ3) is 39.2.